The minimum Gasteiger partial charge on any atom is -0.335 e. The van der Waals surface area contributed by atoms with Gasteiger partial charge in [0.15, 0.2) is 0 Å². The van der Waals surface area contributed by atoms with Gasteiger partial charge in [-0.25, -0.2) is 0 Å². The fourth-order valence-corrected chi connectivity index (χ4v) is 4.59. The largest absolute Gasteiger partial charge is 0.335 e. The van der Waals surface area contributed by atoms with E-state index < -0.39 is 0 Å². The summed E-state index contributed by atoms with van der Waals surface area (Å²) in [4.78, 5) is 32.9. The molecule has 0 aliphatic carbocycles. The lowest BCUT2D eigenvalue weighted by molar-refractivity contribution is -0.138. The Labute approximate surface area is 183 Å². The van der Waals surface area contributed by atoms with Crippen LogP contribution in [0.15, 0.2) is 41.8 Å². The maximum absolute atomic E-state index is 12.9. The number of anilines is 1. The Morgan fingerprint density at radius 3 is 2.53 bits per heavy atom. The first-order valence-electron chi connectivity index (χ1n) is 10.6. The van der Waals surface area contributed by atoms with Gasteiger partial charge in [-0.3, -0.25) is 19.4 Å². The van der Waals surface area contributed by atoms with E-state index in [1.165, 1.54) is 9.78 Å². The predicted octanol–water partition coefficient (Wildman–Crippen LogP) is 2.91. The van der Waals surface area contributed by atoms with E-state index in [1.807, 2.05) is 31.2 Å². The molecule has 0 radical (unpaired) electrons. The maximum Gasteiger partial charge on any atom is 0.243 e. The number of rotatable bonds is 8. The van der Waals surface area contributed by atoms with Crippen molar-refractivity contribution in [2.24, 2.45) is 0 Å². The molecule has 7 heteroatoms. The Morgan fingerprint density at radius 1 is 1.13 bits per heavy atom. The fraction of sp³-hybridized carbons (Fsp3) is 0.478. The summed E-state index contributed by atoms with van der Waals surface area (Å²) in [6.07, 6.45) is 0.848. The Hall–Kier alpha value is -2.22. The lowest BCUT2D eigenvalue weighted by Gasteiger charge is -2.38. The average molecular weight is 429 g/mol. The number of piperazine rings is 1. The van der Waals surface area contributed by atoms with Gasteiger partial charge in [-0.1, -0.05) is 31.2 Å². The van der Waals surface area contributed by atoms with Crippen LogP contribution in [-0.4, -0.2) is 72.3 Å². The van der Waals surface area contributed by atoms with Gasteiger partial charge in [0.1, 0.15) is 0 Å². The highest BCUT2D eigenvalue weighted by atomic mass is 32.1. The van der Waals surface area contributed by atoms with Crippen LogP contribution >= 0.6 is 11.3 Å². The number of amides is 2. The molecule has 1 saturated heterocycles. The summed E-state index contributed by atoms with van der Waals surface area (Å²) in [6, 6.07) is 11.8. The van der Waals surface area contributed by atoms with Gasteiger partial charge >= 0.3 is 0 Å². The molecule has 1 aliphatic rings. The van der Waals surface area contributed by atoms with E-state index in [0.717, 1.165) is 50.4 Å². The molecule has 1 N–H and O–H groups in total. The summed E-state index contributed by atoms with van der Waals surface area (Å²) < 4.78 is 0. The van der Waals surface area contributed by atoms with Crippen LogP contribution in [0.5, 0.6) is 0 Å². The van der Waals surface area contributed by atoms with Gasteiger partial charge in [0.05, 0.1) is 12.6 Å². The molecule has 162 valence electrons. The third-order valence-electron chi connectivity index (χ3n) is 5.70. The molecule has 0 bridgehead atoms. The van der Waals surface area contributed by atoms with Crippen molar-refractivity contribution in [3.8, 4) is 0 Å². The van der Waals surface area contributed by atoms with Crippen molar-refractivity contribution >= 4 is 28.8 Å². The molecule has 0 saturated carbocycles. The minimum absolute atomic E-state index is 0.0133. The van der Waals surface area contributed by atoms with Gasteiger partial charge in [0.25, 0.3) is 0 Å². The van der Waals surface area contributed by atoms with Crippen LogP contribution in [0.2, 0.25) is 0 Å². The van der Waals surface area contributed by atoms with E-state index >= 15 is 0 Å². The van der Waals surface area contributed by atoms with Gasteiger partial charge in [-0.15, -0.1) is 11.3 Å². The van der Waals surface area contributed by atoms with Crippen LogP contribution in [0.25, 0.3) is 0 Å². The summed E-state index contributed by atoms with van der Waals surface area (Å²) in [6.45, 7) is 8.67. The first-order valence-corrected chi connectivity index (χ1v) is 11.5. The van der Waals surface area contributed by atoms with Crippen molar-refractivity contribution < 1.29 is 9.59 Å². The smallest absolute Gasteiger partial charge is 0.243 e. The number of thiophene rings is 1. The number of nitrogens with zero attached hydrogens (tertiary/aromatic N) is 3. The van der Waals surface area contributed by atoms with Crippen LogP contribution in [0.1, 0.15) is 24.3 Å². The number of hydrogen-bond donors (Lipinski definition) is 1. The zero-order valence-electron chi connectivity index (χ0n) is 18.1. The van der Waals surface area contributed by atoms with Gasteiger partial charge in [-0.05, 0) is 36.4 Å². The SMILES string of the molecule is CCc1ccccc1NC(=O)CN(C)C(=O)C(C)N1CCN(Cc2cccs2)CC1. The summed E-state index contributed by atoms with van der Waals surface area (Å²) in [7, 11) is 1.71. The van der Waals surface area contributed by atoms with E-state index in [0.29, 0.717) is 0 Å². The number of benzene rings is 1. The number of aryl methyl sites for hydroxylation is 1. The van der Waals surface area contributed by atoms with E-state index in [4.69, 9.17) is 0 Å². The van der Waals surface area contributed by atoms with Gasteiger partial charge in [0, 0.05) is 50.3 Å². The van der Waals surface area contributed by atoms with Crippen LogP contribution in [-0.2, 0) is 22.6 Å². The van der Waals surface area contributed by atoms with Gasteiger partial charge in [-0.2, -0.15) is 0 Å². The van der Waals surface area contributed by atoms with Crippen LogP contribution < -0.4 is 5.32 Å². The van der Waals surface area contributed by atoms with E-state index in [-0.39, 0.29) is 24.4 Å². The number of carbonyl (C=O) groups excluding carboxylic acids is 2. The number of para-hydroxylation sites is 1. The summed E-state index contributed by atoms with van der Waals surface area (Å²) >= 11 is 1.79. The third kappa shape index (κ3) is 5.90. The number of likely N-dealkylation sites (N-methyl/N-ethyl adjacent to an activating group) is 1. The highest BCUT2D eigenvalue weighted by molar-refractivity contribution is 7.09. The normalized spacial score (nSPS) is 16.2. The second-order valence-electron chi connectivity index (χ2n) is 7.82. The van der Waals surface area contributed by atoms with E-state index in [9.17, 15) is 9.59 Å². The molecule has 2 heterocycles. The van der Waals surface area contributed by atoms with Gasteiger partial charge < -0.3 is 10.2 Å². The van der Waals surface area contributed by atoms with E-state index in [1.54, 1.807) is 18.4 Å². The van der Waals surface area contributed by atoms with Crippen LogP contribution in [0.3, 0.4) is 0 Å². The van der Waals surface area contributed by atoms with Crippen molar-refractivity contribution in [3.05, 3.63) is 52.2 Å². The molecule has 1 fully saturated rings. The topological polar surface area (TPSA) is 55.9 Å². The Bertz CT molecular complexity index is 831. The van der Waals surface area contributed by atoms with E-state index in [2.05, 4.69) is 39.6 Å². The van der Waals surface area contributed by atoms with Crippen LogP contribution in [0.4, 0.5) is 5.69 Å². The molecule has 1 unspecified atom stereocenters. The highest BCUT2D eigenvalue weighted by Gasteiger charge is 2.28. The van der Waals surface area contributed by atoms with Crippen molar-refractivity contribution in [3.63, 3.8) is 0 Å². The second-order valence-corrected chi connectivity index (χ2v) is 8.85. The summed E-state index contributed by atoms with van der Waals surface area (Å²) in [5.41, 5.74) is 1.91. The summed E-state index contributed by atoms with van der Waals surface area (Å²) in [5.74, 6) is -0.180. The molecular formula is C23H32N4O2S. The monoisotopic (exact) mass is 428 g/mol. The van der Waals surface area contributed by atoms with Crippen molar-refractivity contribution in [1.29, 1.82) is 0 Å². The molecule has 0 spiro atoms. The molecule has 1 aromatic heterocycles. The Balaban J connectivity index is 1.46. The first-order chi connectivity index (χ1) is 14.5. The molecule has 1 atom stereocenters. The second kappa shape index (κ2) is 10.7. The van der Waals surface area contributed by atoms with Crippen LogP contribution in [0, 0.1) is 0 Å². The molecule has 6 nitrogen and oxygen atoms in total. The Morgan fingerprint density at radius 2 is 1.87 bits per heavy atom. The van der Waals surface area contributed by atoms with Crippen molar-refractivity contribution in [2.75, 3.05) is 45.1 Å². The van der Waals surface area contributed by atoms with Crippen molar-refractivity contribution in [1.82, 2.24) is 14.7 Å². The fourth-order valence-electron chi connectivity index (χ4n) is 3.84. The number of nitrogens with one attached hydrogen (secondary N) is 1. The quantitative estimate of drug-likeness (QED) is 0.702. The lowest BCUT2D eigenvalue weighted by atomic mass is 10.1. The molecule has 3 rings (SSSR count). The van der Waals surface area contributed by atoms with Crippen molar-refractivity contribution in [2.45, 2.75) is 32.9 Å². The zero-order valence-corrected chi connectivity index (χ0v) is 19.0. The summed E-state index contributed by atoms with van der Waals surface area (Å²) in [5, 5.41) is 5.05. The van der Waals surface area contributed by atoms with Gasteiger partial charge in [0.2, 0.25) is 11.8 Å². The molecule has 2 amide bonds. The number of hydrogen-bond acceptors (Lipinski definition) is 5. The maximum atomic E-state index is 12.9. The lowest BCUT2D eigenvalue weighted by Crippen LogP contribution is -2.54. The number of carbonyl (C=O) groups is 2. The minimum atomic E-state index is -0.227. The zero-order chi connectivity index (χ0) is 21.5. The average Bonchev–Trinajstić information content (AvgIpc) is 3.26. The highest BCUT2D eigenvalue weighted by Crippen LogP contribution is 2.16. The molecule has 1 aromatic carbocycles. The Kier molecular flexibility index (Phi) is 8.01. The predicted molar refractivity (Wildman–Crippen MR) is 123 cm³/mol. The molecule has 30 heavy (non-hydrogen) atoms. The molecular weight excluding hydrogens is 396 g/mol. The molecule has 1 aliphatic heterocycles. The standard InChI is InChI=1S/C23H32N4O2S/c1-4-19-8-5-6-10-21(19)24-22(28)17-25(3)23(29)18(2)27-13-11-26(12-14-27)16-20-9-7-15-30-20/h5-10,15,18H,4,11-14,16-17H2,1-3H3,(H,24,28). The first kappa shape index (κ1) is 22.5. The molecule has 2 aromatic rings. The third-order valence-corrected chi connectivity index (χ3v) is 6.56.